The molecule has 0 spiro atoms. The van der Waals surface area contributed by atoms with Crippen molar-refractivity contribution in [3.05, 3.63) is 29.8 Å². The van der Waals surface area contributed by atoms with Gasteiger partial charge in [-0.3, -0.25) is 9.59 Å². The van der Waals surface area contributed by atoms with Gasteiger partial charge >= 0.3 is 11.8 Å². The molecule has 5 nitrogen and oxygen atoms in total. The van der Waals surface area contributed by atoms with Gasteiger partial charge in [0.2, 0.25) is 0 Å². The summed E-state index contributed by atoms with van der Waals surface area (Å²) in [5.74, 6) is -1.44. The molecule has 0 unspecified atom stereocenters. The average molecular weight is 264 g/mol. The first-order chi connectivity index (χ1) is 9.12. The third-order valence-corrected chi connectivity index (χ3v) is 2.90. The van der Waals surface area contributed by atoms with Crippen molar-refractivity contribution in [2.45, 2.75) is 32.7 Å². The van der Waals surface area contributed by atoms with Crippen LogP contribution in [0.25, 0.3) is 0 Å². The van der Waals surface area contributed by atoms with Crippen molar-refractivity contribution in [1.29, 1.82) is 0 Å². The van der Waals surface area contributed by atoms with Crippen LogP contribution in [0.15, 0.2) is 24.3 Å². The van der Waals surface area contributed by atoms with Gasteiger partial charge in [0.1, 0.15) is 0 Å². The minimum Gasteiger partial charge on any atom is -0.394 e. The van der Waals surface area contributed by atoms with Crippen molar-refractivity contribution in [3.63, 3.8) is 0 Å². The van der Waals surface area contributed by atoms with Crippen LogP contribution in [-0.2, 0) is 16.0 Å². The van der Waals surface area contributed by atoms with Gasteiger partial charge in [-0.15, -0.1) is 0 Å². The smallest absolute Gasteiger partial charge is 0.313 e. The van der Waals surface area contributed by atoms with Crippen molar-refractivity contribution >= 4 is 17.5 Å². The van der Waals surface area contributed by atoms with E-state index in [9.17, 15) is 9.59 Å². The molecule has 0 radical (unpaired) electrons. The van der Waals surface area contributed by atoms with Gasteiger partial charge in [-0.25, -0.2) is 0 Å². The quantitative estimate of drug-likeness (QED) is 0.696. The summed E-state index contributed by atoms with van der Waals surface area (Å²) in [6, 6.07) is 6.95. The summed E-state index contributed by atoms with van der Waals surface area (Å²) >= 11 is 0. The second kappa shape index (κ2) is 7.53. The number of aryl methyl sites for hydroxylation is 1. The normalized spacial score (nSPS) is 11.7. The number of benzene rings is 1. The Balaban J connectivity index is 2.66. The molecule has 0 aliphatic carbocycles. The monoisotopic (exact) mass is 264 g/mol. The van der Waals surface area contributed by atoms with Crippen LogP contribution in [0.1, 0.15) is 25.8 Å². The molecular formula is C14H20N2O3. The Morgan fingerprint density at radius 2 is 1.89 bits per heavy atom. The van der Waals surface area contributed by atoms with Crippen LogP contribution in [0, 0.1) is 0 Å². The maximum absolute atomic E-state index is 11.7. The maximum atomic E-state index is 11.7. The van der Waals surface area contributed by atoms with Crippen molar-refractivity contribution in [1.82, 2.24) is 5.32 Å². The molecule has 0 aromatic heterocycles. The van der Waals surface area contributed by atoms with E-state index in [1.165, 1.54) is 0 Å². The molecule has 5 heteroatoms. The summed E-state index contributed by atoms with van der Waals surface area (Å²) in [4.78, 5) is 23.4. The Labute approximate surface area is 113 Å². The molecule has 3 N–H and O–H groups in total. The fourth-order valence-electron chi connectivity index (χ4n) is 1.66. The number of amides is 2. The fraction of sp³-hybridized carbons (Fsp3) is 0.429. The number of aliphatic hydroxyl groups excluding tert-OH is 1. The first kappa shape index (κ1) is 15.2. The van der Waals surface area contributed by atoms with Crippen LogP contribution in [0.3, 0.4) is 0 Å². The van der Waals surface area contributed by atoms with Gasteiger partial charge in [0.05, 0.1) is 12.6 Å². The molecule has 0 saturated heterocycles. The van der Waals surface area contributed by atoms with E-state index in [1.54, 1.807) is 12.1 Å². The highest BCUT2D eigenvalue weighted by molar-refractivity contribution is 6.39. The fourth-order valence-corrected chi connectivity index (χ4v) is 1.66. The lowest BCUT2D eigenvalue weighted by Crippen LogP contribution is -2.43. The number of carbonyl (C=O) groups is 2. The number of nitrogens with one attached hydrogen (secondary N) is 2. The molecule has 104 valence electrons. The third-order valence-electron chi connectivity index (χ3n) is 2.90. The van der Waals surface area contributed by atoms with Crippen molar-refractivity contribution in [3.8, 4) is 0 Å². The highest BCUT2D eigenvalue weighted by Crippen LogP contribution is 2.15. The van der Waals surface area contributed by atoms with Crippen molar-refractivity contribution in [2.24, 2.45) is 0 Å². The first-order valence-corrected chi connectivity index (χ1v) is 6.42. The Hall–Kier alpha value is -1.88. The summed E-state index contributed by atoms with van der Waals surface area (Å²) in [6.45, 7) is 3.62. The van der Waals surface area contributed by atoms with Crippen LogP contribution in [-0.4, -0.2) is 29.6 Å². The molecule has 0 fully saturated rings. The predicted octanol–water partition coefficient (Wildman–Crippen LogP) is 1.07. The highest BCUT2D eigenvalue weighted by Gasteiger charge is 2.17. The molecule has 0 heterocycles. The molecule has 2 amide bonds. The lowest BCUT2D eigenvalue weighted by atomic mass is 10.1. The van der Waals surface area contributed by atoms with Gasteiger partial charge in [0.15, 0.2) is 0 Å². The summed E-state index contributed by atoms with van der Waals surface area (Å²) in [7, 11) is 0. The number of hydrogen-bond donors (Lipinski definition) is 3. The molecule has 0 bridgehead atoms. The van der Waals surface area contributed by atoms with E-state index in [-0.39, 0.29) is 12.6 Å². The maximum Gasteiger partial charge on any atom is 0.313 e. The molecule has 1 aromatic rings. The molecule has 1 atom stereocenters. The largest absolute Gasteiger partial charge is 0.394 e. The highest BCUT2D eigenvalue weighted by atomic mass is 16.3. The number of rotatable bonds is 5. The van der Waals surface area contributed by atoms with Gasteiger partial charge in [0.25, 0.3) is 0 Å². The standard InChI is InChI=1S/C14H20N2O3/c1-3-10-7-5-6-8-12(10)16-14(19)13(18)15-11(4-2)9-17/h5-8,11,17H,3-4,9H2,1-2H3,(H,15,18)(H,16,19)/t11-/m1/s1. The molecule has 0 aliphatic rings. The van der Waals surface area contributed by atoms with Gasteiger partial charge in [-0.1, -0.05) is 32.0 Å². The van der Waals surface area contributed by atoms with E-state index < -0.39 is 11.8 Å². The second-order valence-electron chi connectivity index (χ2n) is 4.23. The van der Waals surface area contributed by atoms with E-state index in [2.05, 4.69) is 10.6 Å². The lowest BCUT2D eigenvalue weighted by molar-refractivity contribution is -0.136. The lowest BCUT2D eigenvalue weighted by Gasteiger charge is -2.14. The zero-order chi connectivity index (χ0) is 14.3. The molecule has 19 heavy (non-hydrogen) atoms. The zero-order valence-corrected chi connectivity index (χ0v) is 11.3. The van der Waals surface area contributed by atoms with E-state index in [4.69, 9.17) is 5.11 Å². The van der Waals surface area contributed by atoms with Crippen LogP contribution < -0.4 is 10.6 Å². The summed E-state index contributed by atoms with van der Waals surface area (Å²) in [6.07, 6.45) is 1.34. The van der Waals surface area contributed by atoms with Crippen LogP contribution in [0.2, 0.25) is 0 Å². The minimum absolute atomic E-state index is 0.179. The van der Waals surface area contributed by atoms with E-state index >= 15 is 0 Å². The second-order valence-corrected chi connectivity index (χ2v) is 4.23. The van der Waals surface area contributed by atoms with E-state index in [0.29, 0.717) is 12.1 Å². The van der Waals surface area contributed by atoms with Gasteiger partial charge in [-0.2, -0.15) is 0 Å². The SMILES string of the molecule is CCc1ccccc1NC(=O)C(=O)N[C@H](CC)CO. The molecule has 1 rings (SSSR count). The summed E-state index contributed by atoms with van der Waals surface area (Å²) in [5, 5.41) is 14.0. The Morgan fingerprint density at radius 3 is 2.47 bits per heavy atom. The Bertz CT molecular complexity index is 442. The Kier molecular flexibility index (Phi) is 6.02. The topological polar surface area (TPSA) is 78.4 Å². The molecular weight excluding hydrogens is 244 g/mol. The molecule has 0 saturated carbocycles. The van der Waals surface area contributed by atoms with Gasteiger partial charge in [-0.05, 0) is 24.5 Å². The minimum atomic E-state index is -0.730. The van der Waals surface area contributed by atoms with Crippen molar-refractivity contribution in [2.75, 3.05) is 11.9 Å². The van der Waals surface area contributed by atoms with Gasteiger partial charge < -0.3 is 15.7 Å². The van der Waals surface area contributed by atoms with E-state index in [1.807, 2.05) is 26.0 Å². The molecule has 0 aliphatic heterocycles. The number of anilines is 1. The summed E-state index contributed by atoms with van der Waals surface area (Å²) < 4.78 is 0. The van der Waals surface area contributed by atoms with Gasteiger partial charge in [0, 0.05) is 5.69 Å². The number of aliphatic hydroxyl groups is 1. The van der Waals surface area contributed by atoms with Crippen LogP contribution in [0.5, 0.6) is 0 Å². The Morgan fingerprint density at radius 1 is 1.21 bits per heavy atom. The van der Waals surface area contributed by atoms with Crippen LogP contribution >= 0.6 is 0 Å². The number of hydrogen-bond acceptors (Lipinski definition) is 3. The third kappa shape index (κ3) is 4.37. The first-order valence-electron chi connectivity index (χ1n) is 6.42. The van der Waals surface area contributed by atoms with Crippen molar-refractivity contribution < 1.29 is 14.7 Å². The predicted molar refractivity (Wildman–Crippen MR) is 73.8 cm³/mol. The molecule has 1 aromatic carbocycles. The van der Waals surface area contributed by atoms with Crippen LogP contribution in [0.4, 0.5) is 5.69 Å². The number of para-hydroxylation sites is 1. The average Bonchev–Trinajstić information content (AvgIpc) is 2.44. The zero-order valence-electron chi connectivity index (χ0n) is 11.3. The van der Waals surface area contributed by atoms with E-state index in [0.717, 1.165) is 12.0 Å². The number of carbonyl (C=O) groups excluding carboxylic acids is 2. The summed E-state index contributed by atoms with van der Waals surface area (Å²) in [5.41, 5.74) is 1.61.